The third-order valence-electron chi connectivity index (χ3n) is 13.1. The van der Waals surface area contributed by atoms with Crippen LogP contribution in [0.4, 0.5) is 0 Å². The third kappa shape index (κ3) is 5.27. The molecule has 13 aromatic rings. The highest BCUT2D eigenvalue weighted by Crippen LogP contribution is 2.45. The van der Waals surface area contributed by atoms with Crippen molar-refractivity contribution in [3.63, 3.8) is 0 Å². The van der Waals surface area contributed by atoms with Crippen LogP contribution in [0.1, 0.15) is 26.3 Å². The normalized spacial score (nSPS) is 12.4. The van der Waals surface area contributed by atoms with Gasteiger partial charge in [-0.05, 0) is 100.0 Å². The molecule has 0 unspecified atom stereocenters. The highest BCUT2D eigenvalue weighted by atomic mass is 32.1. The Morgan fingerprint density at radius 2 is 0.742 bits per heavy atom. The van der Waals surface area contributed by atoms with Gasteiger partial charge in [0.25, 0.3) is 0 Å². The van der Waals surface area contributed by atoms with Gasteiger partial charge in [-0.25, -0.2) is 0 Å². The van der Waals surface area contributed by atoms with Gasteiger partial charge in [0.2, 0.25) is 0 Å². The predicted octanol–water partition coefficient (Wildman–Crippen LogP) is 17.2. The number of thiophene rings is 2. The Balaban J connectivity index is 1.02. The Labute approximate surface area is 367 Å². The Morgan fingerprint density at radius 1 is 0.339 bits per heavy atom. The van der Waals surface area contributed by atoms with Crippen LogP contribution in [0.3, 0.4) is 0 Å². The molecule has 294 valence electrons. The van der Waals surface area contributed by atoms with Crippen molar-refractivity contribution < 1.29 is 0 Å². The fraction of sp³-hybridized carbons (Fsp3) is 0.0690. The molecule has 0 radical (unpaired) electrons. The van der Waals surface area contributed by atoms with Gasteiger partial charge in [0, 0.05) is 73.3 Å². The molecule has 9 aromatic carbocycles. The fourth-order valence-electron chi connectivity index (χ4n) is 10.1. The maximum absolute atomic E-state index is 2.49. The van der Waals surface area contributed by atoms with E-state index in [4.69, 9.17) is 0 Å². The van der Waals surface area contributed by atoms with Gasteiger partial charge in [-0.3, -0.25) is 0 Å². The lowest BCUT2D eigenvalue weighted by molar-refractivity contribution is 0.589. The average molecular weight is 829 g/mol. The van der Waals surface area contributed by atoms with Crippen molar-refractivity contribution in [1.82, 2.24) is 9.13 Å². The summed E-state index contributed by atoms with van der Waals surface area (Å²) in [6.07, 6.45) is 0. The molecule has 0 saturated heterocycles. The molecule has 4 heterocycles. The Bertz CT molecular complexity index is 3720. The summed E-state index contributed by atoms with van der Waals surface area (Å²) >= 11 is 3.79. The zero-order valence-electron chi connectivity index (χ0n) is 34.6. The zero-order chi connectivity index (χ0) is 41.3. The molecule has 0 atom stereocenters. The number of fused-ring (bicyclic) bond motifs is 12. The van der Waals surface area contributed by atoms with E-state index >= 15 is 0 Å². The summed E-state index contributed by atoms with van der Waals surface area (Å²) in [5.74, 6) is 0. The van der Waals surface area contributed by atoms with Crippen LogP contribution >= 0.6 is 22.7 Å². The zero-order valence-corrected chi connectivity index (χ0v) is 36.2. The molecule has 0 N–H and O–H groups in total. The van der Waals surface area contributed by atoms with Crippen molar-refractivity contribution in [3.05, 3.63) is 194 Å². The summed E-state index contributed by atoms with van der Waals surface area (Å²) in [5.41, 5.74) is 13.4. The van der Waals surface area contributed by atoms with Crippen LogP contribution < -0.4 is 0 Å². The van der Waals surface area contributed by atoms with Crippen LogP contribution in [0.5, 0.6) is 0 Å². The maximum Gasteiger partial charge on any atom is 0.0541 e. The van der Waals surface area contributed by atoms with Crippen molar-refractivity contribution in [2.75, 3.05) is 0 Å². The van der Waals surface area contributed by atoms with Crippen molar-refractivity contribution in [2.24, 2.45) is 0 Å². The van der Waals surface area contributed by atoms with Crippen LogP contribution in [-0.2, 0) is 5.41 Å². The molecule has 0 spiro atoms. The minimum absolute atomic E-state index is 0.0888. The minimum atomic E-state index is -0.0888. The molecule has 62 heavy (non-hydrogen) atoms. The van der Waals surface area contributed by atoms with Crippen LogP contribution in [0.15, 0.2) is 188 Å². The Hall–Kier alpha value is -6.98. The molecule has 13 rings (SSSR count). The molecule has 4 aromatic heterocycles. The molecule has 2 nitrogen and oxygen atoms in total. The summed E-state index contributed by atoms with van der Waals surface area (Å²) in [4.78, 5) is 0. The maximum atomic E-state index is 2.49. The van der Waals surface area contributed by atoms with Crippen LogP contribution in [0.2, 0.25) is 0 Å². The van der Waals surface area contributed by atoms with E-state index in [0.717, 1.165) is 11.4 Å². The molecule has 0 fully saturated rings. The number of benzene rings is 9. The number of aromatic nitrogens is 2. The van der Waals surface area contributed by atoms with Crippen LogP contribution in [0, 0.1) is 0 Å². The average Bonchev–Trinajstić information content (AvgIpc) is 4.06. The SMILES string of the molecule is CC(C)(C)c1cc(-n2c3ccccc3c3cc(-c4cccc5c4sc4ccccc45)ccc32)cc(-n2c3ccccc3c3cc(-c4cccc5c4sc4ccccc45)ccc32)c1. The largest absolute Gasteiger partial charge is 0.309 e. The van der Waals surface area contributed by atoms with Gasteiger partial charge in [0.05, 0.1) is 22.1 Å². The van der Waals surface area contributed by atoms with Crippen molar-refractivity contribution in [1.29, 1.82) is 0 Å². The van der Waals surface area contributed by atoms with Gasteiger partial charge in [0.15, 0.2) is 0 Å². The summed E-state index contributed by atoms with van der Waals surface area (Å²) in [7, 11) is 0. The Morgan fingerprint density at radius 3 is 1.21 bits per heavy atom. The summed E-state index contributed by atoms with van der Waals surface area (Å²) in [6, 6.07) is 70.4. The van der Waals surface area contributed by atoms with E-state index in [1.165, 1.54) is 112 Å². The predicted molar refractivity (Wildman–Crippen MR) is 270 cm³/mol. The molecule has 0 saturated carbocycles. The first-order valence-electron chi connectivity index (χ1n) is 21.4. The molecule has 0 amide bonds. The van der Waals surface area contributed by atoms with Crippen molar-refractivity contribution >= 4 is 107 Å². The molecule has 0 aliphatic heterocycles. The lowest BCUT2D eigenvalue weighted by atomic mass is 9.86. The first-order chi connectivity index (χ1) is 30.4. The minimum Gasteiger partial charge on any atom is -0.309 e. The summed E-state index contributed by atoms with van der Waals surface area (Å²) in [6.45, 7) is 6.99. The first-order valence-corrected chi connectivity index (χ1v) is 23.0. The third-order valence-corrected chi connectivity index (χ3v) is 15.5. The highest BCUT2D eigenvalue weighted by Gasteiger charge is 2.22. The molecule has 0 bridgehead atoms. The van der Waals surface area contributed by atoms with Crippen molar-refractivity contribution in [3.8, 4) is 33.6 Å². The number of para-hydroxylation sites is 2. The fourth-order valence-corrected chi connectivity index (χ4v) is 12.5. The van der Waals surface area contributed by atoms with E-state index in [-0.39, 0.29) is 5.41 Å². The molecule has 4 heteroatoms. The monoisotopic (exact) mass is 828 g/mol. The van der Waals surface area contributed by atoms with E-state index in [1.54, 1.807) is 0 Å². The van der Waals surface area contributed by atoms with E-state index in [9.17, 15) is 0 Å². The smallest absolute Gasteiger partial charge is 0.0541 e. The van der Waals surface area contributed by atoms with E-state index in [0.29, 0.717) is 0 Å². The van der Waals surface area contributed by atoms with Gasteiger partial charge < -0.3 is 9.13 Å². The second-order valence-electron chi connectivity index (χ2n) is 17.7. The van der Waals surface area contributed by atoms with Gasteiger partial charge in [-0.15, -0.1) is 22.7 Å². The molecule has 0 aliphatic carbocycles. The van der Waals surface area contributed by atoms with Gasteiger partial charge >= 0.3 is 0 Å². The Kier molecular flexibility index (Phi) is 7.64. The summed E-state index contributed by atoms with van der Waals surface area (Å²) in [5, 5.41) is 10.3. The lowest BCUT2D eigenvalue weighted by Gasteiger charge is -2.23. The molecule has 0 aliphatic rings. The van der Waals surface area contributed by atoms with Gasteiger partial charge in [-0.2, -0.15) is 0 Å². The number of hydrogen-bond acceptors (Lipinski definition) is 2. The number of rotatable bonds is 4. The first kappa shape index (κ1) is 35.7. The van der Waals surface area contributed by atoms with E-state index < -0.39 is 0 Å². The van der Waals surface area contributed by atoms with E-state index in [1.807, 2.05) is 22.7 Å². The number of hydrogen-bond donors (Lipinski definition) is 0. The highest BCUT2D eigenvalue weighted by molar-refractivity contribution is 7.26. The van der Waals surface area contributed by atoms with Crippen LogP contribution in [-0.4, -0.2) is 9.13 Å². The second kappa shape index (κ2) is 13.3. The van der Waals surface area contributed by atoms with Crippen LogP contribution in [0.25, 0.3) is 118 Å². The van der Waals surface area contributed by atoms with E-state index in [2.05, 4.69) is 218 Å². The topological polar surface area (TPSA) is 9.86 Å². The quantitative estimate of drug-likeness (QED) is 0.167. The summed E-state index contributed by atoms with van der Waals surface area (Å²) < 4.78 is 10.3. The van der Waals surface area contributed by atoms with Gasteiger partial charge in [-0.1, -0.05) is 142 Å². The lowest BCUT2D eigenvalue weighted by Crippen LogP contribution is -2.13. The van der Waals surface area contributed by atoms with Crippen molar-refractivity contribution in [2.45, 2.75) is 26.2 Å². The molecular weight excluding hydrogens is 789 g/mol. The van der Waals surface area contributed by atoms with Gasteiger partial charge in [0.1, 0.15) is 0 Å². The molecular formula is C58H40N2S2. The number of nitrogens with zero attached hydrogens (tertiary/aromatic N) is 2. The standard InChI is InChI=1S/C58H40N2S2/c1-58(2,3)37-32-38(59-50-22-8-4-14-42(50)48-30-35(26-28-52(48)59)40-18-12-20-46-44-16-6-10-24-54(44)61-56(40)46)34-39(33-37)60-51-23-9-5-15-43(51)49-31-36(27-29-53(49)60)41-19-13-21-47-45-17-7-11-25-55(45)62-57(41)47/h4-34H,1-3H3. The second-order valence-corrected chi connectivity index (χ2v) is 19.8.